The number of amidine groups is 1. The van der Waals surface area contributed by atoms with Gasteiger partial charge in [-0.25, -0.2) is 15.8 Å². The Kier molecular flexibility index (Phi) is 5.10. The Bertz CT molecular complexity index is 1170. The number of carbonyl (C=O) groups excluding carboxylic acids is 2. The maximum absolute atomic E-state index is 12.3. The van der Waals surface area contributed by atoms with Gasteiger partial charge < -0.3 is 10.0 Å². The number of nitro groups is 1. The second-order valence-corrected chi connectivity index (χ2v) is 6.59. The minimum absolute atomic E-state index is 0.0547. The number of nitrogens with zero attached hydrogens (tertiary/aromatic N) is 5. The second-order valence-electron chi connectivity index (χ2n) is 6.59. The summed E-state index contributed by atoms with van der Waals surface area (Å²) in [5.74, 6) is -0.841. The maximum Gasteiger partial charge on any atom is 0.270 e. The highest BCUT2D eigenvalue weighted by Gasteiger charge is 2.36. The summed E-state index contributed by atoms with van der Waals surface area (Å²) in [5.41, 5.74) is 5.89. The molecule has 0 aliphatic carbocycles. The molecule has 2 aromatic rings. The van der Waals surface area contributed by atoms with Crippen molar-refractivity contribution >= 4 is 41.6 Å². The normalized spacial score (nSPS) is 16.9. The van der Waals surface area contributed by atoms with Gasteiger partial charge >= 0.3 is 0 Å². The number of amides is 2. The van der Waals surface area contributed by atoms with E-state index in [2.05, 4.69) is 26.0 Å². The number of aliphatic imine (C=N–C) groups is 1. The number of rotatable bonds is 5. The number of carbonyl (C=O) groups is 2. The number of nitrogens with one attached hydrogen (secondary N) is 2. The molecular formula is C19H15N7O5. The first kappa shape index (κ1) is 19.7. The minimum atomic E-state index is -0.897. The van der Waals surface area contributed by atoms with Crippen LogP contribution in [-0.2, 0) is 9.59 Å². The van der Waals surface area contributed by atoms with Gasteiger partial charge in [-0.1, -0.05) is 12.1 Å². The molecule has 12 nitrogen and oxygen atoms in total. The topological polar surface area (TPSA) is 162 Å². The third kappa shape index (κ3) is 3.94. The molecule has 1 unspecified atom stereocenters. The van der Waals surface area contributed by atoms with Crippen molar-refractivity contribution in [3.05, 3.63) is 63.7 Å². The van der Waals surface area contributed by atoms with Crippen molar-refractivity contribution < 1.29 is 19.6 Å². The molecule has 0 saturated carbocycles. The van der Waals surface area contributed by atoms with Crippen LogP contribution in [0.1, 0.15) is 17.5 Å². The van der Waals surface area contributed by atoms with Gasteiger partial charge in [-0.05, 0) is 18.2 Å². The number of nitro benzene ring substituents is 1. The summed E-state index contributed by atoms with van der Waals surface area (Å²) >= 11 is 0. The zero-order valence-corrected chi connectivity index (χ0v) is 15.8. The van der Waals surface area contributed by atoms with E-state index in [0.717, 1.165) is 30.0 Å². The fraction of sp³-hybridized carbons (Fsp3) is 0.105. The van der Waals surface area contributed by atoms with Crippen LogP contribution in [0.3, 0.4) is 0 Å². The number of fused-ring (bicyclic) bond motifs is 3. The van der Waals surface area contributed by atoms with Crippen molar-refractivity contribution in [1.29, 1.82) is 0 Å². The Balaban J connectivity index is 1.45. The van der Waals surface area contributed by atoms with Crippen molar-refractivity contribution in [2.24, 2.45) is 15.2 Å². The van der Waals surface area contributed by atoms with Gasteiger partial charge in [0, 0.05) is 23.3 Å². The molecule has 2 heterocycles. The van der Waals surface area contributed by atoms with Gasteiger partial charge in [-0.15, -0.1) is 0 Å². The van der Waals surface area contributed by atoms with E-state index in [4.69, 9.17) is 0 Å². The van der Waals surface area contributed by atoms with E-state index < -0.39 is 22.8 Å². The summed E-state index contributed by atoms with van der Waals surface area (Å²) < 4.78 is 0. The molecule has 1 atom stereocenters. The van der Waals surface area contributed by atoms with Crippen LogP contribution in [0.2, 0.25) is 0 Å². The lowest BCUT2D eigenvalue weighted by molar-refractivity contribution is -0.384. The lowest BCUT2D eigenvalue weighted by atomic mass is 10.1. The zero-order valence-electron chi connectivity index (χ0n) is 15.8. The molecule has 2 aliphatic rings. The Labute approximate surface area is 174 Å². The van der Waals surface area contributed by atoms with Crippen molar-refractivity contribution in [3.8, 4) is 5.75 Å². The number of non-ortho nitro benzene ring substituents is 1. The van der Waals surface area contributed by atoms with E-state index >= 15 is 0 Å². The number of hydrogen-bond donors (Lipinski definition) is 3. The molecule has 31 heavy (non-hydrogen) atoms. The minimum Gasteiger partial charge on any atom is -0.507 e. The fourth-order valence-corrected chi connectivity index (χ4v) is 3.09. The molecule has 0 fully saturated rings. The third-order valence-corrected chi connectivity index (χ3v) is 4.61. The molecule has 156 valence electrons. The van der Waals surface area contributed by atoms with Crippen molar-refractivity contribution in [2.45, 2.75) is 12.5 Å². The van der Waals surface area contributed by atoms with Gasteiger partial charge in [0.2, 0.25) is 5.91 Å². The van der Waals surface area contributed by atoms with E-state index in [1.54, 1.807) is 0 Å². The van der Waals surface area contributed by atoms with Crippen LogP contribution in [-0.4, -0.2) is 51.2 Å². The van der Waals surface area contributed by atoms with Gasteiger partial charge in [0.15, 0.2) is 5.84 Å². The number of phenols is 1. The number of hydrazone groups is 2. The van der Waals surface area contributed by atoms with Crippen LogP contribution in [0, 0.1) is 10.1 Å². The summed E-state index contributed by atoms with van der Waals surface area (Å²) in [6, 6.07) is 9.78. The Morgan fingerprint density at radius 1 is 1.35 bits per heavy atom. The second kappa shape index (κ2) is 8.02. The standard InChI is InChI=1S/C19H15N7O5/c27-16-6-5-12(26(30)31)7-11(16)9-21-22-17(28)8-15-19(29)24-23-18-13-3-1-2-4-14(13)20-10-25(15)18/h1-7,9-10,15,27H,8H2,(H,22,28)(H,24,29)/b21-9+. The maximum atomic E-state index is 12.3. The first-order chi connectivity index (χ1) is 14.9. The number of para-hydroxylation sites is 1. The van der Waals surface area contributed by atoms with E-state index in [0.29, 0.717) is 11.5 Å². The van der Waals surface area contributed by atoms with E-state index in [9.17, 15) is 24.8 Å². The van der Waals surface area contributed by atoms with Crippen LogP contribution >= 0.6 is 0 Å². The van der Waals surface area contributed by atoms with Crippen molar-refractivity contribution in [1.82, 2.24) is 15.8 Å². The molecule has 0 spiro atoms. The molecule has 12 heteroatoms. The molecule has 0 aromatic heterocycles. The average Bonchev–Trinajstić information content (AvgIpc) is 2.76. The lowest BCUT2D eigenvalue weighted by Crippen LogP contribution is -2.55. The Morgan fingerprint density at radius 3 is 2.97 bits per heavy atom. The predicted octanol–water partition coefficient (Wildman–Crippen LogP) is 0.976. The van der Waals surface area contributed by atoms with Crippen LogP contribution in [0.5, 0.6) is 5.75 Å². The van der Waals surface area contributed by atoms with Gasteiger partial charge in [-0.3, -0.25) is 19.7 Å². The SMILES string of the molecule is O=C(CC1C(=O)NN=C2c3ccccc3N=CN21)N/N=C/c1cc([N+](=O)[O-])ccc1O. The number of aromatic hydroxyl groups is 1. The van der Waals surface area contributed by atoms with Crippen molar-refractivity contribution in [3.63, 3.8) is 0 Å². The van der Waals surface area contributed by atoms with E-state index in [-0.39, 0.29) is 23.4 Å². The third-order valence-electron chi connectivity index (χ3n) is 4.61. The van der Waals surface area contributed by atoms with E-state index in [1.807, 2.05) is 24.3 Å². The highest BCUT2D eigenvalue weighted by molar-refractivity contribution is 6.14. The van der Waals surface area contributed by atoms with Gasteiger partial charge in [0.05, 0.1) is 29.6 Å². The van der Waals surface area contributed by atoms with Crippen LogP contribution in [0.4, 0.5) is 11.4 Å². The average molecular weight is 421 g/mol. The van der Waals surface area contributed by atoms with Gasteiger partial charge in [0.1, 0.15) is 11.8 Å². The smallest absolute Gasteiger partial charge is 0.270 e. The highest BCUT2D eigenvalue weighted by Crippen LogP contribution is 2.27. The largest absolute Gasteiger partial charge is 0.507 e. The number of benzene rings is 2. The van der Waals surface area contributed by atoms with Gasteiger partial charge in [-0.2, -0.15) is 10.2 Å². The summed E-state index contributed by atoms with van der Waals surface area (Å²) in [7, 11) is 0. The molecule has 2 aliphatic heterocycles. The Hall–Kier alpha value is -4.61. The predicted molar refractivity (Wildman–Crippen MR) is 110 cm³/mol. The summed E-state index contributed by atoms with van der Waals surface area (Å²) in [5, 5.41) is 28.4. The molecule has 0 saturated heterocycles. The molecule has 2 amide bonds. The quantitative estimate of drug-likeness (QED) is 0.370. The van der Waals surface area contributed by atoms with Crippen molar-refractivity contribution in [2.75, 3.05) is 0 Å². The van der Waals surface area contributed by atoms with Crippen LogP contribution < -0.4 is 10.9 Å². The first-order valence-corrected chi connectivity index (χ1v) is 9.03. The summed E-state index contributed by atoms with van der Waals surface area (Å²) in [6.45, 7) is 0. The summed E-state index contributed by atoms with van der Waals surface area (Å²) in [6.07, 6.45) is 2.27. The van der Waals surface area contributed by atoms with Gasteiger partial charge in [0.25, 0.3) is 11.6 Å². The zero-order chi connectivity index (χ0) is 22.0. The van der Waals surface area contributed by atoms with E-state index in [1.165, 1.54) is 11.2 Å². The first-order valence-electron chi connectivity index (χ1n) is 9.03. The number of phenolic OH excluding ortho intramolecular Hbond substituents is 1. The Morgan fingerprint density at radius 2 is 2.16 bits per heavy atom. The highest BCUT2D eigenvalue weighted by atomic mass is 16.6. The van der Waals surface area contributed by atoms with Crippen LogP contribution in [0.15, 0.2) is 57.7 Å². The lowest BCUT2D eigenvalue weighted by Gasteiger charge is -2.34. The molecule has 2 aromatic carbocycles. The summed E-state index contributed by atoms with van der Waals surface area (Å²) in [4.78, 5) is 40.7. The molecule has 0 bridgehead atoms. The van der Waals surface area contributed by atoms with Crippen LogP contribution in [0.25, 0.3) is 0 Å². The molecule has 3 N–H and O–H groups in total. The molecule has 4 rings (SSSR count). The molecular weight excluding hydrogens is 406 g/mol. The monoisotopic (exact) mass is 421 g/mol. The fourth-order valence-electron chi connectivity index (χ4n) is 3.09. The number of hydrogen-bond acceptors (Lipinski definition) is 9. The molecule has 0 radical (unpaired) electrons.